The van der Waals surface area contributed by atoms with E-state index in [2.05, 4.69) is 28.9 Å². The molecular weight excluding hydrogens is 342 g/mol. The Morgan fingerprint density at radius 3 is 2.74 bits per heavy atom. The first kappa shape index (κ1) is 17.5. The van der Waals surface area contributed by atoms with Gasteiger partial charge in [-0.05, 0) is 38.1 Å². The fourth-order valence-corrected chi connectivity index (χ4v) is 2.94. The van der Waals surface area contributed by atoms with Crippen LogP contribution < -0.4 is 0 Å². The number of rotatable bonds is 4. The van der Waals surface area contributed by atoms with Gasteiger partial charge >= 0.3 is 0 Å². The van der Waals surface area contributed by atoms with Gasteiger partial charge in [-0.1, -0.05) is 17.0 Å². The van der Waals surface area contributed by atoms with Crippen molar-refractivity contribution >= 4 is 0 Å². The average molecular weight is 363 g/mol. The third-order valence-corrected chi connectivity index (χ3v) is 4.53. The van der Waals surface area contributed by atoms with Crippen molar-refractivity contribution in [2.45, 2.75) is 26.5 Å². The van der Waals surface area contributed by atoms with Crippen LogP contribution in [0, 0.1) is 17.3 Å². The lowest BCUT2D eigenvalue weighted by Crippen LogP contribution is -2.38. The minimum absolute atomic E-state index is 0.0171. The number of nitrogens with zero attached hydrogens (tertiary/aromatic N) is 3. The van der Waals surface area contributed by atoms with Crippen molar-refractivity contribution in [1.82, 2.24) is 14.7 Å². The summed E-state index contributed by atoms with van der Waals surface area (Å²) in [5, 5.41) is 13.9. The van der Waals surface area contributed by atoms with E-state index in [0.717, 1.165) is 16.8 Å². The summed E-state index contributed by atoms with van der Waals surface area (Å²) in [6, 6.07) is 9.82. The zero-order valence-corrected chi connectivity index (χ0v) is 15.3. The van der Waals surface area contributed by atoms with E-state index in [4.69, 9.17) is 9.26 Å². The van der Waals surface area contributed by atoms with Gasteiger partial charge in [-0.2, -0.15) is 0 Å². The normalized spacial score (nSPS) is 16.3. The van der Waals surface area contributed by atoms with Gasteiger partial charge in [0, 0.05) is 29.6 Å². The van der Waals surface area contributed by atoms with Gasteiger partial charge < -0.3 is 18.9 Å². The molecule has 1 fully saturated rings. The van der Waals surface area contributed by atoms with Crippen molar-refractivity contribution in [2.75, 3.05) is 13.2 Å². The topological polar surface area (TPSA) is 73.3 Å². The summed E-state index contributed by atoms with van der Waals surface area (Å²) in [7, 11) is 0. The molecule has 0 bridgehead atoms. The lowest BCUT2D eigenvalue weighted by atomic mass is 9.89. The molecule has 6 nitrogen and oxygen atoms in total. The SMILES string of the molecule is C[C@H](O)c1nccn1Cc1cc(-c2ccc(C#CC3(C)COC3)cc2)on1. The van der Waals surface area contributed by atoms with Crippen molar-refractivity contribution < 1.29 is 14.4 Å². The highest BCUT2D eigenvalue weighted by atomic mass is 16.5. The molecule has 3 heterocycles. The maximum atomic E-state index is 9.75. The van der Waals surface area contributed by atoms with Gasteiger partial charge in [0.15, 0.2) is 5.76 Å². The van der Waals surface area contributed by atoms with Crippen LogP contribution >= 0.6 is 0 Å². The summed E-state index contributed by atoms with van der Waals surface area (Å²) in [6.45, 7) is 5.69. The zero-order chi connectivity index (χ0) is 18.9. The highest BCUT2D eigenvalue weighted by molar-refractivity contribution is 5.59. The molecule has 1 atom stereocenters. The maximum Gasteiger partial charge on any atom is 0.167 e. The second-order valence-corrected chi connectivity index (χ2v) is 7.15. The number of imidazole rings is 1. The van der Waals surface area contributed by atoms with E-state index in [9.17, 15) is 5.11 Å². The monoisotopic (exact) mass is 363 g/mol. The molecule has 138 valence electrons. The molecule has 0 unspecified atom stereocenters. The number of aliphatic hydroxyl groups excluding tert-OH is 1. The van der Waals surface area contributed by atoms with Crippen molar-refractivity contribution in [3.8, 4) is 23.2 Å². The van der Waals surface area contributed by atoms with Gasteiger partial charge in [0.1, 0.15) is 17.6 Å². The van der Waals surface area contributed by atoms with Gasteiger partial charge in [-0.25, -0.2) is 4.98 Å². The first-order valence-corrected chi connectivity index (χ1v) is 8.88. The van der Waals surface area contributed by atoms with E-state index in [0.29, 0.717) is 31.3 Å². The fraction of sp³-hybridized carbons (Fsp3) is 0.333. The number of ether oxygens (including phenoxy) is 1. The van der Waals surface area contributed by atoms with Crippen LogP contribution in [0.5, 0.6) is 0 Å². The molecule has 3 aromatic rings. The molecule has 0 amide bonds. The smallest absolute Gasteiger partial charge is 0.167 e. The Morgan fingerprint density at radius 1 is 1.30 bits per heavy atom. The molecule has 1 aliphatic heterocycles. The molecule has 27 heavy (non-hydrogen) atoms. The van der Waals surface area contributed by atoms with Gasteiger partial charge in [0.05, 0.1) is 25.2 Å². The van der Waals surface area contributed by atoms with E-state index < -0.39 is 6.10 Å². The van der Waals surface area contributed by atoms with Crippen LogP contribution in [0.4, 0.5) is 0 Å². The summed E-state index contributed by atoms with van der Waals surface area (Å²) in [5.74, 6) is 7.78. The number of aliphatic hydroxyl groups is 1. The number of benzene rings is 1. The summed E-state index contributed by atoms with van der Waals surface area (Å²) in [6.07, 6.45) is 2.85. The summed E-state index contributed by atoms with van der Waals surface area (Å²) >= 11 is 0. The number of hydrogen-bond acceptors (Lipinski definition) is 5. The molecule has 0 spiro atoms. The van der Waals surface area contributed by atoms with Crippen LogP contribution in [0.2, 0.25) is 0 Å². The van der Waals surface area contributed by atoms with Crippen molar-refractivity contribution in [2.24, 2.45) is 5.41 Å². The van der Waals surface area contributed by atoms with Crippen LogP contribution in [0.25, 0.3) is 11.3 Å². The Morgan fingerprint density at radius 2 is 2.07 bits per heavy atom. The molecule has 2 aromatic heterocycles. The highest BCUT2D eigenvalue weighted by Gasteiger charge is 2.30. The van der Waals surface area contributed by atoms with E-state index >= 15 is 0 Å². The van der Waals surface area contributed by atoms with E-state index in [1.807, 2.05) is 41.1 Å². The Hall–Kier alpha value is -2.88. The fourth-order valence-electron chi connectivity index (χ4n) is 2.94. The third kappa shape index (κ3) is 3.80. The second kappa shape index (κ2) is 7.03. The Kier molecular flexibility index (Phi) is 4.56. The van der Waals surface area contributed by atoms with Crippen molar-refractivity contribution in [1.29, 1.82) is 0 Å². The molecule has 0 aliphatic carbocycles. The standard InChI is InChI=1S/C21H21N3O3/c1-15(25)20-22-9-10-24(20)12-18-11-19(27-23-18)17-5-3-16(4-6-17)7-8-21(2)13-26-14-21/h3-6,9-11,15,25H,12-14H2,1-2H3/t15-/m0/s1. The molecule has 1 aromatic carbocycles. The minimum atomic E-state index is -0.631. The average Bonchev–Trinajstić information content (AvgIpc) is 3.29. The predicted octanol–water partition coefficient (Wildman–Crippen LogP) is 3.03. The molecule has 6 heteroatoms. The first-order valence-electron chi connectivity index (χ1n) is 8.88. The van der Waals surface area contributed by atoms with Gasteiger partial charge in [-0.15, -0.1) is 0 Å². The van der Waals surface area contributed by atoms with E-state index in [-0.39, 0.29) is 5.41 Å². The predicted molar refractivity (Wildman–Crippen MR) is 99.7 cm³/mol. The van der Waals surface area contributed by atoms with Gasteiger partial charge in [-0.3, -0.25) is 0 Å². The molecule has 1 aliphatic rings. The lowest BCUT2D eigenvalue weighted by Gasteiger charge is -2.32. The van der Waals surface area contributed by atoms with Gasteiger partial charge in [0.25, 0.3) is 0 Å². The molecule has 1 saturated heterocycles. The van der Waals surface area contributed by atoms with E-state index in [1.54, 1.807) is 13.1 Å². The quantitative estimate of drug-likeness (QED) is 0.722. The first-order chi connectivity index (χ1) is 13.0. The largest absolute Gasteiger partial charge is 0.385 e. The third-order valence-electron chi connectivity index (χ3n) is 4.53. The van der Waals surface area contributed by atoms with Gasteiger partial charge in [0.2, 0.25) is 0 Å². The second-order valence-electron chi connectivity index (χ2n) is 7.15. The summed E-state index contributed by atoms with van der Waals surface area (Å²) in [4.78, 5) is 4.17. The summed E-state index contributed by atoms with van der Waals surface area (Å²) < 4.78 is 12.6. The Balaban J connectivity index is 1.47. The zero-order valence-electron chi connectivity index (χ0n) is 15.3. The number of aromatic nitrogens is 3. The molecule has 1 N–H and O–H groups in total. The van der Waals surface area contributed by atoms with Crippen LogP contribution in [0.1, 0.15) is 37.0 Å². The Labute approximate surface area is 157 Å². The van der Waals surface area contributed by atoms with Crippen molar-refractivity contribution in [3.63, 3.8) is 0 Å². The van der Waals surface area contributed by atoms with E-state index in [1.165, 1.54) is 0 Å². The summed E-state index contributed by atoms with van der Waals surface area (Å²) in [5.41, 5.74) is 2.66. The lowest BCUT2D eigenvalue weighted by molar-refractivity contribution is -0.0648. The van der Waals surface area contributed by atoms with Crippen LogP contribution in [0.15, 0.2) is 47.2 Å². The molecule has 0 saturated carbocycles. The number of hydrogen-bond donors (Lipinski definition) is 1. The molecule has 0 radical (unpaired) electrons. The highest BCUT2D eigenvalue weighted by Crippen LogP contribution is 2.26. The van der Waals surface area contributed by atoms with Crippen LogP contribution in [-0.4, -0.2) is 33.0 Å². The van der Waals surface area contributed by atoms with Crippen LogP contribution in [0.3, 0.4) is 0 Å². The maximum absolute atomic E-state index is 9.75. The van der Waals surface area contributed by atoms with Crippen LogP contribution in [-0.2, 0) is 11.3 Å². The Bertz CT molecular complexity index is 986. The molecule has 4 rings (SSSR count). The molecular formula is C21H21N3O3. The van der Waals surface area contributed by atoms with Crippen molar-refractivity contribution in [3.05, 3.63) is 59.8 Å². The minimum Gasteiger partial charge on any atom is -0.385 e.